The number of hydrogen-bond acceptors (Lipinski definition) is 6. The molecule has 1 aromatic heterocycles. The van der Waals surface area contributed by atoms with Crippen molar-refractivity contribution in [3.63, 3.8) is 0 Å². The Balaban J connectivity index is 1.82. The molecule has 1 saturated carbocycles. The van der Waals surface area contributed by atoms with E-state index in [1.54, 1.807) is 20.8 Å². The molecule has 6 heteroatoms. The van der Waals surface area contributed by atoms with Gasteiger partial charge in [-0.1, -0.05) is 46.6 Å². The molecule has 1 aliphatic carbocycles. The van der Waals surface area contributed by atoms with Gasteiger partial charge in [-0.05, 0) is 74.1 Å². The molecule has 3 rings (SSSR count). The molecule has 7 atom stereocenters. The van der Waals surface area contributed by atoms with Gasteiger partial charge in [-0.2, -0.15) is 0 Å². The number of carbonyl (C=O) groups excluding carboxylic acids is 2. The van der Waals surface area contributed by atoms with E-state index in [0.717, 1.165) is 48.9 Å². The standard InChI is InChI=1S/C29H43NO5/c1-17-10-11-23(30-16-17)12-19(3)24-14-22-13-21(22)9-7-8-18(2)27(33)20(4)28(34)29(5,6)25(31)15-26(32)35-24/h10-12,16,18,20-22,24-25,27,31,33H,7-9,13-15H2,1-6H3/b19-12+/t18-,20+,21-,22-,24-,25-,27-/m0/s1. The van der Waals surface area contributed by atoms with Crippen molar-refractivity contribution in [2.75, 3.05) is 0 Å². The van der Waals surface area contributed by atoms with E-state index in [9.17, 15) is 19.8 Å². The fourth-order valence-corrected chi connectivity index (χ4v) is 5.34. The van der Waals surface area contributed by atoms with Crippen molar-refractivity contribution in [3.8, 4) is 0 Å². The fraction of sp³-hybridized carbons (Fsp3) is 0.690. The third-order valence-corrected chi connectivity index (χ3v) is 8.25. The summed E-state index contributed by atoms with van der Waals surface area (Å²) in [6, 6.07) is 3.95. The van der Waals surface area contributed by atoms with Crippen LogP contribution in [0.4, 0.5) is 0 Å². The lowest BCUT2D eigenvalue weighted by atomic mass is 9.73. The lowest BCUT2D eigenvalue weighted by molar-refractivity contribution is -0.154. The molecule has 1 saturated heterocycles. The molecule has 2 fully saturated rings. The number of fused-ring (bicyclic) bond motifs is 1. The largest absolute Gasteiger partial charge is 0.458 e. The number of Topliss-reactive ketones (excluding diaryl/α,β-unsaturated/α-hetero) is 1. The van der Waals surface area contributed by atoms with E-state index in [0.29, 0.717) is 11.8 Å². The lowest BCUT2D eigenvalue weighted by Gasteiger charge is -2.34. The summed E-state index contributed by atoms with van der Waals surface area (Å²) < 4.78 is 5.91. The highest BCUT2D eigenvalue weighted by Gasteiger charge is 2.43. The molecule has 35 heavy (non-hydrogen) atoms. The highest BCUT2D eigenvalue weighted by Crippen LogP contribution is 2.47. The second-order valence-electron chi connectivity index (χ2n) is 11.6. The number of pyridine rings is 1. The predicted molar refractivity (Wildman–Crippen MR) is 136 cm³/mol. The molecular formula is C29H43NO5. The predicted octanol–water partition coefficient (Wildman–Crippen LogP) is 4.89. The minimum atomic E-state index is -1.20. The van der Waals surface area contributed by atoms with E-state index in [1.165, 1.54) is 0 Å². The number of aliphatic hydroxyl groups is 2. The number of nitrogens with zero attached hydrogens (tertiary/aromatic N) is 1. The third kappa shape index (κ3) is 7.01. The minimum absolute atomic E-state index is 0.00287. The zero-order valence-corrected chi connectivity index (χ0v) is 22.2. The molecule has 0 amide bonds. The Labute approximate surface area is 210 Å². The highest BCUT2D eigenvalue weighted by atomic mass is 16.5. The number of aryl methyl sites for hydroxylation is 1. The van der Waals surface area contributed by atoms with Crippen LogP contribution in [0.1, 0.15) is 84.4 Å². The van der Waals surface area contributed by atoms with Crippen LogP contribution in [0, 0.1) is 36.0 Å². The number of ether oxygens (including phenoxy) is 1. The molecule has 0 unspecified atom stereocenters. The maximum absolute atomic E-state index is 13.2. The van der Waals surface area contributed by atoms with Crippen molar-refractivity contribution < 1.29 is 24.5 Å². The van der Waals surface area contributed by atoms with Gasteiger partial charge in [0.05, 0.1) is 29.7 Å². The van der Waals surface area contributed by atoms with Crippen molar-refractivity contribution >= 4 is 17.8 Å². The number of cyclic esters (lactones) is 1. The second kappa shape index (κ2) is 11.3. The number of rotatable bonds is 2. The Morgan fingerprint density at radius 1 is 1.11 bits per heavy atom. The van der Waals surface area contributed by atoms with Crippen molar-refractivity contribution in [1.82, 2.24) is 4.98 Å². The van der Waals surface area contributed by atoms with Crippen molar-refractivity contribution in [3.05, 3.63) is 35.2 Å². The van der Waals surface area contributed by atoms with E-state index >= 15 is 0 Å². The first-order chi connectivity index (χ1) is 16.4. The van der Waals surface area contributed by atoms with Gasteiger partial charge >= 0.3 is 5.97 Å². The smallest absolute Gasteiger partial charge is 0.309 e. The molecule has 0 aromatic carbocycles. The average Bonchev–Trinajstić information content (AvgIpc) is 3.55. The normalized spacial score (nSPS) is 35.2. The van der Waals surface area contributed by atoms with Crippen molar-refractivity contribution in [1.29, 1.82) is 0 Å². The third-order valence-electron chi connectivity index (χ3n) is 8.25. The van der Waals surface area contributed by atoms with Crippen LogP contribution in [0.25, 0.3) is 6.08 Å². The van der Waals surface area contributed by atoms with Gasteiger partial charge in [0.1, 0.15) is 11.9 Å². The zero-order valence-electron chi connectivity index (χ0n) is 22.2. The van der Waals surface area contributed by atoms with E-state index in [2.05, 4.69) is 4.98 Å². The van der Waals surface area contributed by atoms with Crippen LogP contribution in [0.15, 0.2) is 23.9 Å². The summed E-state index contributed by atoms with van der Waals surface area (Å²) in [6.07, 6.45) is 5.96. The van der Waals surface area contributed by atoms with E-state index < -0.39 is 29.5 Å². The fourth-order valence-electron chi connectivity index (χ4n) is 5.34. The monoisotopic (exact) mass is 485 g/mol. The summed E-state index contributed by atoms with van der Waals surface area (Å²) in [6.45, 7) is 11.0. The lowest BCUT2D eigenvalue weighted by Crippen LogP contribution is -2.45. The summed E-state index contributed by atoms with van der Waals surface area (Å²) in [4.78, 5) is 30.6. The number of carbonyl (C=O) groups is 2. The maximum atomic E-state index is 13.2. The Morgan fingerprint density at radius 3 is 2.49 bits per heavy atom. The van der Waals surface area contributed by atoms with Gasteiger partial charge in [-0.3, -0.25) is 14.6 Å². The Bertz CT molecular complexity index is 922. The topological polar surface area (TPSA) is 96.7 Å². The number of aromatic nitrogens is 1. The number of hydrogen-bond donors (Lipinski definition) is 2. The van der Waals surface area contributed by atoms with Crippen LogP contribution in [0.3, 0.4) is 0 Å². The summed E-state index contributed by atoms with van der Waals surface area (Å²) in [7, 11) is 0. The van der Waals surface area contributed by atoms with Crippen LogP contribution in [0.2, 0.25) is 0 Å². The molecule has 2 heterocycles. The molecule has 0 radical (unpaired) electrons. The first-order valence-electron chi connectivity index (χ1n) is 13.1. The first kappa shape index (κ1) is 27.5. The molecule has 1 aliphatic heterocycles. The van der Waals surface area contributed by atoms with E-state index in [1.807, 2.05) is 45.2 Å². The number of aliphatic hydroxyl groups excluding tert-OH is 2. The second-order valence-corrected chi connectivity index (χ2v) is 11.6. The summed E-state index contributed by atoms with van der Waals surface area (Å²) in [5.41, 5.74) is 1.65. The Morgan fingerprint density at radius 2 is 1.83 bits per heavy atom. The van der Waals surface area contributed by atoms with Gasteiger partial charge in [0.25, 0.3) is 0 Å². The zero-order chi connectivity index (χ0) is 25.9. The molecule has 194 valence electrons. The molecule has 0 spiro atoms. The van der Waals surface area contributed by atoms with E-state index in [-0.39, 0.29) is 24.2 Å². The molecule has 2 N–H and O–H groups in total. The summed E-state index contributed by atoms with van der Waals surface area (Å²) in [5, 5.41) is 21.7. The van der Waals surface area contributed by atoms with Gasteiger partial charge in [0.2, 0.25) is 0 Å². The van der Waals surface area contributed by atoms with Crippen LogP contribution in [-0.2, 0) is 14.3 Å². The van der Waals surface area contributed by atoms with Gasteiger partial charge in [-0.15, -0.1) is 0 Å². The summed E-state index contributed by atoms with van der Waals surface area (Å²) >= 11 is 0. The molecular weight excluding hydrogens is 442 g/mol. The Hall–Kier alpha value is -2.05. The van der Waals surface area contributed by atoms with Crippen LogP contribution < -0.4 is 0 Å². The SMILES string of the molecule is C/C(=C\c1ccc(C)cn1)[C@@H]1C[C@@H]2C[C@@H]2CCC[C@H](C)[C@H](O)[C@@H](C)C(=O)C(C)(C)[C@@H](O)CC(=O)O1. The highest BCUT2D eigenvalue weighted by molar-refractivity contribution is 5.88. The molecule has 2 aliphatic rings. The Kier molecular flexibility index (Phi) is 8.92. The average molecular weight is 486 g/mol. The van der Waals surface area contributed by atoms with Crippen molar-refractivity contribution in [2.45, 2.75) is 98.4 Å². The molecule has 6 nitrogen and oxygen atoms in total. The van der Waals surface area contributed by atoms with Gasteiger partial charge < -0.3 is 14.9 Å². The number of esters is 1. The first-order valence-corrected chi connectivity index (χ1v) is 13.1. The summed E-state index contributed by atoms with van der Waals surface area (Å²) in [5.74, 6) is -0.271. The maximum Gasteiger partial charge on any atom is 0.309 e. The van der Waals surface area contributed by atoms with Crippen molar-refractivity contribution in [2.24, 2.45) is 29.1 Å². The molecule has 1 aromatic rings. The number of ketones is 1. The van der Waals surface area contributed by atoms with Crippen LogP contribution in [0.5, 0.6) is 0 Å². The quantitative estimate of drug-likeness (QED) is 0.579. The van der Waals surface area contributed by atoms with Gasteiger partial charge in [0.15, 0.2) is 0 Å². The van der Waals surface area contributed by atoms with E-state index in [4.69, 9.17) is 4.74 Å². The van der Waals surface area contributed by atoms with Gasteiger partial charge in [0, 0.05) is 12.1 Å². The van der Waals surface area contributed by atoms with Gasteiger partial charge in [-0.25, -0.2) is 0 Å². The van der Waals surface area contributed by atoms with Crippen LogP contribution >= 0.6 is 0 Å². The van der Waals surface area contributed by atoms with Crippen LogP contribution in [-0.4, -0.2) is 45.3 Å². The molecule has 0 bridgehead atoms. The minimum Gasteiger partial charge on any atom is -0.458 e.